The van der Waals surface area contributed by atoms with Crippen LogP contribution in [0.15, 0.2) is 52.3 Å². The Hall–Kier alpha value is -3.41. The van der Waals surface area contributed by atoms with Crippen molar-refractivity contribution in [3.8, 4) is 11.5 Å². The first-order valence-electron chi connectivity index (χ1n) is 10.4. The maximum Gasteiger partial charge on any atom is 0.267 e. The van der Waals surface area contributed by atoms with Crippen molar-refractivity contribution >= 4 is 51.7 Å². The quantitative estimate of drug-likeness (QED) is 0.301. The molecule has 1 saturated heterocycles. The number of fused-ring (bicyclic) bond motifs is 2. The number of aromatic nitrogens is 2. The lowest BCUT2D eigenvalue weighted by molar-refractivity contribution is -0.122. The average Bonchev–Trinajstić information content (AvgIpc) is 3.41. The molecular weight excluding hydrogens is 476 g/mol. The summed E-state index contributed by atoms with van der Waals surface area (Å²) in [5.41, 5.74) is 1.35. The van der Waals surface area contributed by atoms with Crippen LogP contribution in [-0.2, 0) is 16.1 Å². The van der Waals surface area contributed by atoms with Gasteiger partial charge in [0, 0.05) is 19.9 Å². The van der Waals surface area contributed by atoms with E-state index in [9.17, 15) is 9.59 Å². The van der Waals surface area contributed by atoms with Crippen LogP contribution in [0.1, 0.15) is 11.1 Å². The molecule has 2 aromatic heterocycles. The van der Waals surface area contributed by atoms with Gasteiger partial charge in [-0.15, -0.1) is 0 Å². The second-order valence-corrected chi connectivity index (χ2v) is 9.16. The van der Waals surface area contributed by atoms with E-state index in [4.69, 9.17) is 26.4 Å². The third-order valence-electron chi connectivity index (χ3n) is 5.29. The van der Waals surface area contributed by atoms with E-state index in [1.807, 2.05) is 24.3 Å². The zero-order chi connectivity index (χ0) is 23.7. The fraction of sp³-hybridized carbons (Fsp3) is 0.217. The number of pyridine rings is 1. The molecule has 9 nitrogen and oxygen atoms in total. The van der Waals surface area contributed by atoms with Gasteiger partial charge < -0.3 is 19.5 Å². The molecule has 174 valence electrons. The van der Waals surface area contributed by atoms with Crippen LogP contribution in [0, 0.1) is 0 Å². The number of methoxy groups -OCH3 is 1. The van der Waals surface area contributed by atoms with Crippen molar-refractivity contribution in [2.45, 2.75) is 6.54 Å². The van der Waals surface area contributed by atoms with Crippen molar-refractivity contribution < 1.29 is 19.0 Å². The number of ether oxygens (including phenoxy) is 3. The van der Waals surface area contributed by atoms with Crippen molar-refractivity contribution in [3.05, 3.63) is 69.0 Å². The Morgan fingerprint density at radius 3 is 2.94 bits per heavy atom. The van der Waals surface area contributed by atoms with Gasteiger partial charge in [0.15, 0.2) is 11.5 Å². The van der Waals surface area contributed by atoms with E-state index in [0.29, 0.717) is 45.3 Å². The molecule has 2 aliphatic heterocycles. The Balaban J connectivity index is 1.47. The Morgan fingerprint density at radius 2 is 2.09 bits per heavy atom. The molecule has 0 atom stereocenters. The van der Waals surface area contributed by atoms with Crippen LogP contribution >= 0.6 is 24.0 Å². The maximum absolute atomic E-state index is 13.3. The van der Waals surface area contributed by atoms with Crippen LogP contribution in [0.25, 0.3) is 11.7 Å². The van der Waals surface area contributed by atoms with Crippen LogP contribution in [0.5, 0.6) is 11.5 Å². The molecule has 2 aliphatic rings. The zero-order valence-electron chi connectivity index (χ0n) is 18.1. The van der Waals surface area contributed by atoms with Crippen molar-refractivity contribution in [2.24, 2.45) is 0 Å². The van der Waals surface area contributed by atoms with Crippen LogP contribution in [0.2, 0.25) is 0 Å². The first-order chi connectivity index (χ1) is 16.5. The third kappa shape index (κ3) is 4.25. The van der Waals surface area contributed by atoms with Crippen molar-refractivity contribution in [3.63, 3.8) is 0 Å². The largest absolute Gasteiger partial charge is 0.454 e. The number of thioether (sulfide) groups is 1. The molecule has 1 aromatic carbocycles. The summed E-state index contributed by atoms with van der Waals surface area (Å²) in [5, 5.41) is 3.14. The molecule has 0 aliphatic carbocycles. The number of amides is 1. The monoisotopic (exact) mass is 496 g/mol. The molecule has 0 unspecified atom stereocenters. The molecule has 0 spiro atoms. The molecule has 1 amide bonds. The minimum Gasteiger partial charge on any atom is -0.454 e. The zero-order valence-corrected chi connectivity index (χ0v) is 19.8. The molecule has 0 radical (unpaired) electrons. The summed E-state index contributed by atoms with van der Waals surface area (Å²) in [6.07, 6.45) is 3.20. The number of thiocarbonyl (C=S) groups is 1. The number of benzene rings is 1. The van der Waals surface area contributed by atoms with Gasteiger partial charge in [0.2, 0.25) is 6.79 Å². The van der Waals surface area contributed by atoms with Gasteiger partial charge in [-0.25, -0.2) is 4.98 Å². The summed E-state index contributed by atoms with van der Waals surface area (Å²) in [4.78, 5) is 32.9. The van der Waals surface area contributed by atoms with Gasteiger partial charge in [-0.3, -0.25) is 18.9 Å². The summed E-state index contributed by atoms with van der Waals surface area (Å²) in [6, 6.07) is 10.8. The smallest absolute Gasteiger partial charge is 0.267 e. The van der Waals surface area contributed by atoms with Gasteiger partial charge in [0.1, 0.15) is 15.8 Å². The van der Waals surface area contributed by atoms with E-state index in [1.165, 1.54) is 9.30 Å². The fourth-order valence-corrected chi connectivity index (χ4v) is 4.87. The highest BCUT2D eigenvalue weighted by atomic mass is 32.2. The lowest BCUT2D eigenvalue weighted by atomic mass is 10.2. The third-order valence-corrected chi connectivity index (χ3v) is 6.67. The molecule has 3 aromatic rings. The predicted molar refractivity (Wildman–Crippen MR) is 133 cm³/mol. The first-order valence-corrected chi connectivity index (χ1v) is 11.7. The lowest BCUT2D eigenvalue weighted by Crippen LogP contribution is -2.27. The topological polar surface area (TPSA) is 94.4 Å². The number of carbonyl (C=O) groups excluding carboxylic acids is 1. The number of nitrogens with one attached hydrogen (secondary N) is 1. The predicted octanol–water partition coefficient (Wildman–Crippen LogP) is 2.88. The van der Waals surface area contributed by atoms with Crippen LogP contribution in [-0.4, -0.2) is 51.6 Å². The van der Waals surface area contributed by atoms with Crippen molar-refractivity contribution in [1.82, 2.24) is 14.3 Å². The molecule has 1 N–H and O–H groups in total. The second-order valence-electron chi connectivity index (χ2n) is 7.48. The lowest BCUT2D eigenvalue weighted by Gasteiger charge is -2.14. The van der Waals surface area contributed by atoms with Gasteiger partial charge in [-0.1, -0.05) is 36.1 Å². The Bertz CT molecular complexity index is 1390. The van der Waals surface area contributed by atoms with Crippen LogP contribution < -0.4 is 20.3 Å². The van der Waals surface area contributed by atoms with Crippen LogP contribution in [0.4, 0.5) is 5.82 Å². The molecule has 34 heavy (non-hydrogen) atoms. The fourth-order valence-electron chi connectivity index (χ4n) is 3.63. The standard InChI is InChI=1S/C23H20N4O5S2/c1-30-9-7-24-20-15(21(28)26-8-3-2-4-19(26)25-20)11-18-22(29)27(23(33)34-18)12-14-5-6-16-17(10-14)32-13-31-16/h2-6,8,10-11,24H,7,9,12-13H2,1H3/b18-11+. The summed E-state index contributed by atoms with van der Waals surface area (Å²) >= 11 is 6.63. The first kappa shape index (κ1) is 22.4. The Labute approximate surface area is 204 Å². The number of nitrogens with zero attached hydrogens (tertiary/aromatic N) is 3. The molecule has 4 heterocycles. The van der Waals surface area contributed by atoms with Gasteiger partial charge in [0.25, 0.3) is 11.5 Å². The Kier molecular flexibility index (Phi) is 6.22. The van der Waals surface area contributed by atoms with Gasteiger partial charge in [-0.05, 0) is 35.9 Å². The number of anilines is 1. The summed E-state index contributed by atoms with van der Waals surface area (Å²) < 4.78 is 17.7. The van der Waals surface area contributed by atoms with Crippen molar-refractivity contribution in [2.75, 3.05) is 32.4 Å². The SMILES string of the molecule is COCCNc1nc2ccccn2c(=O)c1/C=C1/SC(=S)N(Cc2ccc3c(c2)OCO3)C1=O. The van der Waals surface area contributed by atoms with Gasteiger partial charge in [-0.2, -0.15) is 0 Å². The molecule has 5 rings (SSSR count). The van der Waals surface area contributed by atoms with Crippen LogP contribution in [0.3, 0.4) is 0 Å². The van der Waals surface area contributed by atoms with E-state index >= 15 is 0 Å². The van der Waals surface area contributed by atoms with E-state index in [0.717, 1.165) is 17.3 Å². The summed E-state index contributed by atoms with van der Waals surface area (Å²) in [6.45, 7) is 1.36. The molecule has 11 heteroatoms. The number of hydrogen-bond acceptors (Lipinski definition) is 9. The molecule has 0 bridgehead atoms. The number of rotatable bonds is 7. The number of hydrogen-bond donors (Lipinski definition) is 1. The summed E-state index contributed by atoms with van der Waals surface area (Å²) in [7, 11) is 1.59. The molecule has 0 saturated carbocycles. The Morgan fingerprint density at radius 1 is 1.24 bits per heavy atom. The molecule has 1 fully saturated rings. The van der Waals surface area contributed by atoms with Crippen molar-refractivity contribution in [1.29, 1.82) is 0 Å². The normalized spacial score (nSPS) is 16.1. The average molecular weight is 497 g/mol. The number of carbonyl (C=O) groups is 1. The minimum atomic E-state index is -0.286. The second kappa shape index (κ2) is 9.45. The van der Waals surface area contributed by atoms with E-state index in [-0.39, 0.29) is 30.4 Å². The van der Waals surface area contributed by atoms with Gasteiger partial charge in [0.05, 0.1) is 23.6 Å². The van der Waals surface area contributed by atoms with Gasteiger partial charge >= 0.3 is 0 Å². The maximum atomic E-state index is 13.3. The van der Waals surface area contributed by atoms with E-state index in [1.54, 1.807) is 31.5 Å². The summed E-state index contributed by atoms with van der Waals surface area (Å²) in [5.74, 6) is 1.43. The minimum absolute atomic E-state index is 0.179. The van der Waals surface area contributed by atoms with E-state index < -0.39 is 0 Å². The molecular formula is C23H20N4O5S2. The highest BCUT2D eigenvalue weighted by molar-refractivity contribution is 8.26. The highest BCUT2D eigenvalue weighted by Crippen LogP contribution is 2.36. The highest BCUT2D eigenvalue weighted by Gasteiger charge is 2.33. The van der Waals surface area contributed by atoms with E-state index in [2.05, 4.69) is 10.3 Å².